The zero-order valence-electron chi connectivity index (χ0n) is 11.8. The molecule has 1 aliphatic heterocycles. The van der Waals surface area contributed by atoms with Gasteiger partial charge in [-0.3, -0.25) is 4.79 Å². The fourth-order valence-corrected chi connectivity index (χ4v) is 2.30. The van der Waals surface area contributed by atoms with Gasteiger partial charge in [0.2, 0.25) is 5.91 Å². The number of halogens is 1. The molecular formula is C14H18ClN3O3. The van der Waals surface area contributed by atoms with E-state index in [2.05, 4.69) is 10.6 Å². The number of ether oxygens (including phenoxy) is 1. The zero-order valence-corrected chi connectivity index (χ0v) is 12.5. The monoisotopic (exact) mass is 311 g/mol. The van der Waals surface area contributed by atoms with Crippen molar-refractivity contribution in [1.29, 1.82) is 0 Å². The summed E-state index contributed by atoms with van der Waals surface area (Å²) in [5.41, 5.74) is 0.786. The predicted molar refractivity (Wildman–Crippen MR) is 80.6 cm³/mol. The third-order valence-electron chi connectivity index (χ3n) is 3.19. The minimum absolute atomic E-state index is 0.0143. The van der Waals surface area contributed by atoms with Crippen molar-refractivity contribution in [2.24, 2.45) is 0 Å². The van der Waals surface area contributed by atoms with Gasteiger partial charge in [0.15, 0.2) is 0 Å². The number of urea groups is 1. The number of hydrogen-bond acceptors (Lipinski definition) is 3. The highest BCUT2D eigenvalue weighted by Crippen LogP contribution is 2.23. The molecule has 3 amide bonds. The van der Waals surface area contributed by atoms with Crippen molar-refractivity contribution in [2.75, 3.05) is 31.7 Å². The molecule has 6 nitrogen and oxygen atoms in total. The molecular weight excluding hydrogens is 294 g/mol. The topological polar surface area (TPSA) is 70.7 Å². The molecule has 0 saturated carbocycles. The average Bonchev–Trinajstić information content (AvgIpc) is 2.80. The molecule has 0 aromatic heterocycles. The molecule has 1 aromatic rings. The SMILES string of the molecule is COCCNC(=O)NC1CC(=O)N(c2ccc(Cl)cc2)C1. The smallest absolute Gasteiger partial charge is 0.315 e. The average molecular weight is 312 g/mol. The Morgan fingerprint density at radius 2 is 2.14 bits per heavy atom. The first-order chi connectivity index (χ1) is 10.1. The van der Waals surface area contributed by atoms with Crippen molar-refractivity contribution in [3.63, 3.8) is 0 Å². The summed E-state index contributed by atoms with van der Waals surface area (Å²) in [6.45, 7) is 1.34. The molecule has 1 unspecified atom stereocenters. The molecule has 1 aromatic carbocycles. The molecule has 2 N–H and O–H groups in total. The molecule has 2 rings (SSSR count). The van der Waals surface area contributed by atoms with Gasteiger partial charge in [-0.15, -0.1) is 0 Å². The van der Waals surface area contributed by atoms with Crippen molar-refractivity contribution < 1.29 is 14.3 Å². The highest BCUT2D eigenvalue weighted by Gasteiger charge is 2.31. The zero-order chi connectivity index (χ0) is 15.2. The quantitative estimate of drug-likeness (QED) is 0.807. The summed E-state index contributed by atoms with van der Waals surface area (Å²) < 4.78 is 4.85. The first-order valence-electron chi connectivity index (χ1n) is 6.69. The lowest BCUT2D eigenvalue weighted by Gasteiger charge is -2.17. The van der Waals surface area contributed by atoms with Crippen LogP contribution in [0.2, 0.25) is 5.02 Å². The maximum Gasteiger partial charge on any atom is 0.315 e. The van der Waals surface area contributed by atoms with Gasteiger partial charge < -0.3 is 20.3 Å². The Bertz CT molecular complexity index is 507. The second-order valence-corrected chi connectivity index (χ2v) is 5.21. The van der Waals surface area contributed by atoms with Crippen LogP contribution in [0.15, 0.2) is 24.3 Å². The van der Waals surface area contributed by atoms with Crippen LogP contribution in [0.4, 0.5) is 10.5 Å². The molecule has 1 fully saturated rings. The Morgan fingerprint density at radius 1 is 1.43 bits per heavy atom. The number of benzene rings is 1. The molecule has 0 radical (unpaired) electrons. The van der Waals surface area contributed by atoms with Crippen LogP contribution >= 0.6 is 11.6 Å². The van der Waals surface area contributed by atoms with E-state index in [1.54, 1.807) is 36.3 Å². The van der Waals surface area contributed by atoms with Crippen LogP contribution in [-0.4, -0.2) is 44.8 Å². The number of amides is 3. The molecule has 1 aliphatic rings. The number of hydrogen-bond donors (Lipinski definition) is 2. The number of carbonyl (C=O) groups is 2. The first-order valence-corrected chi connectivity index (χ1v) is 7.07. The van der Waals surface area contributed by atoms with Gasteiger partial charge in [-0.2, -0.15) is 0 Å². The van der Waals surface area contributed by atoms with E-state index in [9.17, 15) is 9.59 Å². The summed E-state index contributed by atoms with van der Waals surface area (Å²) in [5, 5.41) is 6.07. The van der Waals surface area contributed by atoms with Gasteiger partial charge in [-0.25, -0.2) is 4.79 Å². The number of nitrogens with zero attached hydrogens (tertiary/aromatic N) is 1. The van der Waals surface area contributed by atoms with E-state index in [-0.39, 0.29) is 18.0 Å². The third-order valence-corrected chi connectivity index (χ3v) is 3.44. The number of carbonyl (C=O) groups excluding carboxylic acids is 2. The summed E-state index contributed by atoms with van der Waals surface area (Å²) in [6, 6.07) is 6.58. The number of nitrogens with one attached hydrogen (secondary N) is 2. The Labute approximate surface area is 128 Å². The fraction of sp³-hybridized carbons (Fsp3) is 0.429. The lowest BCUT2D eigenvalue weighted by molar-refractivity contribution is -0.117. The molecule has 1 saturated heterocycles. The molecule has 1 atom stereocenters. The van der Waals surface area contributed by atoms with Gasteiger partial charge in [-0.1, -0.05) is 11.6 Å². The van der Waals surface area contributed by atoms with Crippen LogP contribution in [0.25, 0.3) is 0 Å². The van der Waals surface area contributed by atoms with E-state index in [1.165, 1.54) is 0 Å². The standard InChI is InChI=1S/C14H18ClN3O3/c1-21-7-6-16-14(20)17-11-8-13(19)18(9-11)12-4-2-10(15)3-5-12/h2-5,11H,6-9H2,1H3,(H2,16,17,20). The van der Waals surface area contributed by atoms with Crippen LogP contribution in [0, 0.1) is 0 Å². The normalized spacial score (nSPS) is 17.9. The minimum Gasteiger partial charge on any atom is -0.383 e. The Kier molecular flexibility index (Phi) is 5.41. The van der Waals surface area contributed by atoms with Crippen molar-refractivity contribution in [1.82, 2.24) is 10.6 Å². The molecule has 114 valence electrons. The highest BCUT2D eigenvalue weighted by atomic mass is 35.5. The molecule has 0 bridgehead atoms. The van der Waals surface area contributed by atoms with Gasteiger partial charge in [0.1, 0.15) is 0 Å². The van der Waals surface area contributed by atoms with E-state index in [1.807, 2.05) is 0 Å². The van der Waals surface area contributed by atoms with Crippen LogP contribution in [0.1, 0.15) is 6.42 Å². The van der Waals surface area contributed by atoms with E-state index >= 15 is 0 Å². The van der Waals surface area contributed by atoms with Crippen molar-refractivity contribution in [2.45, 2.75) is 12.5 Å². The summed E-state index contributed by atoms with van der Waals surface area (Å²) in [6.07, 6.45) is 0.292. The molecule has 0 spiro atoms. The maximum atomic E-state index is 12.0. The summed E-state index contributed by atoms with van der Waals surface area (Å²) in [7, 11) is 1.57. The lowest BCUT2D eigenvalue weighted by Crippen LogP contribution is -2.44. The van der Waals surface area contributed by atoms with Crippen molar-refractivity contribution in [3.8, 4) is 0 Å². The van der Waals surface area contributed by atoms with Gasteiger partial charge in [0, 0.05) is 37.3 Å². The summed E-state index contributed by atoms with van der Waals surface area (Å²) in [5.74, 6) is -0.0143. The third kappa shape index (κ3) is 4.34. The van der Waals surface area contributed by atoms with E-state index in [0.717, 1.165) is 5.69 Å². The second-order valence-electron chi connectivity index (χ2n) is 4.77. The van der Waals surface area contributed by atoms with Crippen LogP contribution in [0.5, 0.6) is 0 Å². The highest BCUT2D eigenvalue weighted by molar-refractivity contribution is 6.30. The van der Waals surface area contributed by atoms with Gasteiger partial charge in [0.25, 0.3) is 0 Å². The van der Waals surface area contributed by atoms with Gasteiger partial charge >= 0.3 is 6.03 Å². The molecule has 1 heterocycles. The van der Waals surface area contributed by atoms with Crippen LogP contribution in [0.3, 0.4) is 0 Å². The second kappa shape index (κ2) is 7.28. The number of anilines is 1. The number of rotatable bonds is 5. The molecule has 0 aliphatic carbocycles. The molecule has 7 heteroatoms. The summed E-state index contributed by atoms with van der Waals surface area (Å²) in [4.78, 5) is 25.3. The van der Waals surface area contributed by atoms with E-state index in [4.69, 9.17) is 16.3 Å². The lowest BCUT2D eigenvalue weighted by atomic mass is 10.2. The first kappa shape index (κ1) is 15.6. The Morgan fingerprint density at radius 3 is 2.81 bits per heavy atom. The Balaban J connectivity index is 1.87. The maximum absolute atomic E-state index is 12.0. The van der Waals surface area contributed by atoms with Gasteiger partial charge in [-0.05, 0) is 24.3 Å². The fourth-order valence-electron chi connectivity index (χ4n) is 2.18. The Hall–Kier alpha value is -1.79. The number of methoxy groups -OCH3 is 1. The molecule has 21 heavy (non-hydrogen) atoms. The van der Waals surface area contributed by atoms with Crippen molar-refractivity contribution in [3.05, 3.63) is 29.3 Å². The van der Waals surface area contributed by atoms with E-state index < -0.39 is 0 Å². The van der Waals surface area contributed by atoms with Crippen molar-refractivity contribution >= 4 is 29.2 Å². The van der Waals surface area contributed by atoms with Gasteiger partial charge in [0.05, 0.1) is 12.6 Å². The summed E-state index contributed by atoms with van der Waals surface area (Å²) >= 11 is 5.83. The predicted octanol–water partition coefficient (Wildman–Crippen LogP) is 1.39. The van der Waals surface area contributed by atoms with Crippen LogP contribution in [-0.2, 0) is 9.53 Å². The largest absolute Gasteiger partial charge is 0.383 e. The van der Waals surface area contributed by atoms with Crippen LogP contribution < -0.4 is 15.5 Å². The minimum atomic E-state index is -0.289. The van der Waals surface area contributed by atoms with E-state index in [0.29, 0.717) is 31.1 Å².